The van der Waals surface area contributed by atoms with E-state index in [1.54, 1.807) is 0 Å². The van der Waals surface area contributed by atoms with Gasteiger partial charge in [-0.05, 0) is 12.0 Å². The Labute approximate surface area is 93.2 Å². The number of nitrogens with zero attached hydrogens (tertiary/aromatic N) is 2. The summed E-state index contributed by atoms with van der Waals surface area (Å²) in [6, 6.07) is 10.2. The highest BCUT2D eigenvalue weighted by Gasteiger charge is 2.05. The van der Waals surface area contributed by atoms with E-state index in [0.717, 1.165) is 12.8 Å². The summed E-state index contributed by atoms with van der Waals surface area (Å²) in [6.07, 6.45) is 1.64. The molecule has 0 unspecified atom stereocenters. The number of hydrogen-bond donors (Lipinski definition) is 1. The molecule has 0 saturated heterocycles. The molecule has 84 valence electrons. The van der Waals surface area contributed by atoms with Crippen LogP contribution in [0.3, 0.4) is 0 Å². The third kappa shape index (κ3) is 2.88. The fraction of sp³-hybridized carbons (Fsp3) is 0.273. The lowest BCUT2D eigenvalue weighted by Gasteiger charge is -1.96. The molecule has 0 aliphatic carbocycles. The fourth-order valence-electron chi connectivity index (χ4n) is 1.42. The zero-order valence-electron chi connectivity index (χ0n) is 8.80. The van der Waals surface area contributed by atoms with Crippen LogP contribution in [0.15, 0.2) is 34.9 Å². The fourth-order valence-corrected chi connectivity index (χ4v) is 1.42. The second kappa shape index (κ2) is 5.39. The first kappa shape index (κ1) is 10.8. The van der Waals surface area contributed by atoms with Crippen molar-refractivity contribution in [3.8, 4) is 0 Å². The molecule has 0 saturated carbocycles. The first-order valence-corrected chi connectivity index (χ1v) is 5.05. The van der Waals surface area contributed by atoms with Gasteiger partial charge in [0.05, 0.1) is 0 Å². The smallest absolute Gasteiger partial charge is 0.254 e. The predicted octanol–water partition coefficient (Wildman–Crippen LogP) is 1.25. The van der Waals surface area contributed by atoms with Gasteiger partial charge < -0.3 is 4.52 Å². The Balaban J connectivity index is 1.89. The summed E-state index contributed by atoms with van der Waals surface area (Å²) < 4.78 is 4.93. The summed E-state index contributed by atoms with van der Waals surface area (Å²) in [5.41, 5.74) is 1.25. The van der Waals surface area contributed by atoms with Gasteiger partial charge in [-0.3, -0.25) is 4.84 Å². The number of nitrogens with two attached hydrogens (primary N) is 1. The van der Waals surface area contributed by atoms with E-state index < -0.39 is 0 Å². The first-order valence-electron chi connectivity index (χ1n) is 5.05. The van der Waals surface area contributed by atoms with Crippen LogP contribution < -0.4 is 5.90 Å². The molecule has 5 heteroatoms. The standard InChI is InChI=1S/C11H13N3O2/c12-15-8-11-13-10(14-16-11)7-6-9-4-2-1-3-5-9/h1-5H,6-8,12H2. The van der Waals surface area contributed by atoms with Crippen LogP contribution in [0.5, 0.6) is 0 Å². The normalized spacial score (nSPS) is 10.6. The Kier molecular flexibility index (Phi) is 3.63. The van der Waals surface area contributed by atoms with Gasteiger partial charge in [0.15, 0.2) is 5.82 Å². The van der Waals surface area contributed by atoms with Crippen molar-refractivity contribution in [1.29, 1.82) is 0 Å². The molecule has 0 fully saturated rings. The van der Waals surface area contributed by atoms with Gasteiger partial charge in [0, 0.05) is 6.42 Å². The van der Waals surface area contributed by atoms with Gasteiger partial charge in [0.1, 0.15) is 6.61 Å². The van der Waals surface area contributed by atoms with Crippen LogP contribution >= 0.6 is 0 Å². The van der Waals surface area contributed by atoms with Gasteiger partial charge in [-0.1, -0.05) is 35.5 Å². The largest absolute Gasteiger partial charge is 0.337 e. The van der Waals surface area contributed by atoms with Crippen molar-refractivity contribution in [2.75, 3.05) is 0 Å². The molecule has 16 heavy (non-hydrogen) atoms. The van der Waals surface area contributed by atoms with Crippen LogP contribution in [0, 0.1) is 0 Å². The highest BCUT2D eigenvalue weighted by atomic mass is 16.6. The van der Waals surface area contributed by atoms with Gasteiger partial charge in [-0.2, -0.15) is 4.98 Å². The molecular weight excluding hydrogens is 206 g/mol. The van der Waals surface area contributed by atoms with E-state index in [4.69, 9.17) is 10.4 Å². The van der Waals surface area contributed by atoms with E-state index in [1.807, 2.05) is 18.2 Å². The van der Waals surface area contributed by atoms with Crippen molar-refractivity contribution in [2.45, 2.75) is 19.4 Å². The maximum Gasteiger partial charge on any atom is 0.254 e. The van der Waals surface area contributed by atoms with Crippen molar-refractivity contribution < 1.29 is 9.36 Å². The van der Waals surface area contributed by atoms with Gasteiger partial charge in [-0.15, -0.1) is 0 Å². The van der Waals surface area contributed by atoms with Gasteiger partial charge in [-0.25, -0.2) is 5.90 Å². The lowest BCUT2D eigenvalue weighted by Crippen LogP contribution is -1.99. The molecule has 0 amide bonds. The van der Waals surface area contributed by atoms with Gasteiger partial charge >= 0.3 is 0 Å². The summed E-state index contributed by atoms with van der Waals surface area (Å²) in [6.45, 7) is 0.151. The molecule has 0 radical (unpaired) electrons. The van der Waals surface area contributed by atoms with Crippen molar-refractivity contribution in [3.63, 3.8) is 0 Å². The molecule has 0 bridgehead atoms. The molecule has 5 nitrogen and oxygen atoms in total. The Morgan fingerprint density at radius 3 is 2.75 bits per heavy atom. The zero-order valence-corrected chi connectivity index (χ0v) is 8.80. The lowest BCUT2D eigenvalue weighted by molar-refractivity contribution is 0.0995. The van der Waals surface area contributed by atoms with Crippen LogP contribution in [-0.4, -0.2) is 10.1 Å². The summed E-state index contributed by atoms with van der Waals surface area (Å²) in [5, 5.41) is 3.83. The van der Waals surface area contributed by atoms with E-state index in [0.29, 0.717) is 11.7 Å². The quantitative estimate of drug-likeness (QED) is 0.766. The van der Waals surface area contributed by atoms with Crippen LogP contribution in [0.1, 0.15) is 17.3 Å². The summed E-state index contributed by atoms with van der Waals surface area (Å²) >= 11 is 0. The van der Waals surface area contributed by atoms with E-state index in [1.165, 1.54) is 5.56 Å². The summed E-state index contributed by atoms with van der Waals surface area (Å²) in [7, 11) is 0. The first-order chi connectivity index (χ1) is 7.88. The second-order valence-electron chi connectivity index (χ2n) is 3.40. The van der Waals surface area contributed by atoms with E-state index >= 15 is 0 Å². The molecule has 0 aliphatic rings. The summed E-state index contributed by atoms with van der Waals surface area (Å²) in [4.78, 5) is 8.54. The topological polar surface area (TPSA) is 74.2 Å². The molecule has 0 spiro atoms. The minimum atomic E-state index is 0.151. The maximum atomic E-state index is 4.93. The highest BCUT2D eigenvalue weighted by Crippen LogP contribution is 2.05. The zero-order chi connectivity index (χ0) is 11.2. The van der Waals surface area contributed by atoms with Gasteiger partial charge in [0.25, 0.3) is 5.89 Å². The number of aryl methyl sites for hydroxylation is 2. The van der Waals surface area contributed by atoms with Crippen molar-refractivity contribution in [1.82, 2.24) is 10.1 Å². The molecule has 2 rings (SSSR count). The average molecular weight is 219 g/mol. The van der Waals surface area contributed by atoms with Crippen LogP contribution in [0.25, 0.3) is 0 Å². The molecule has 2 aromatic rings. The molecule has 0 atom stereocenters. The molecular formula is C11H13N3O2. The van der Waals surface area contributed by atoms with Crippen molar-refractivity contribution in [3.05, 3.63) is 47.6 Å². The monoisotopic (exact) mass is 219 g/mol. The number of aromatic nitrogens is 2. The Hall–Kier alpha value is -1.72. The SMILES string of the molecule is NOCc1nc(CCc2ccccc2)no1. The maximum absolute atomic E-state index is 4.93. The molecule has 1 aromatic carbocycles. The number of hydrogen-bond acceptors (Lipinski definition) is 5. The van der Waals surface area contributed by atoms with Crippen LogP contribution in [0.4, 0.5) is 0 Å². The lowest BCUT2D eigenvalue weighted by atomic mass is 10.1. The Morgan fingerprint density at radius 1 is 1.19 bits per heavy atom. The predicted molar refractivity (Wildman–Crippen MR) is 57.1 cm³/mol. The van der Waals surface area contributed by atoms with E-state index in [2.05, 4.69) is 27.1 Å². The van der Waals surface area contributed by atoms with Crippen LogP contribution in [0.2, 0.25) is 0 Å². The number of rotatable bonds is 5. The van der Waals surface area contributed by atoms with Crippen molar-refractivity contribution in [2.24, 2.45) is 5.90 Å². The summed E-state index contributed by atoms with van der Waals surface area (Å²) in [5.74, 6) is 5.99. The molecule has 1 aromatic heterocycles. The second-order valence-corrected chi connectivity index (χ2v) is 3.40. The van der Waals surface area contributed by atoms with Crippen molar-refractivity contribution >= 4 is 0 Å². The Bertz CT molecular complexity index is 428. The third-order valence-corrected chi connectivity index (χ3v) is 2.20. The molecule has 1 heterocycles. The van der Waals surface area contributed by atoms with E-state index in [9.17, 15) is 0 Å². The minimum Gasteiger partial charge on any atom is -0.337 e. The Morgan fingerprint density at radius 2 is 2.00 bits per heavy atom. The van der Waals surface area contributed by atoms with Gasteiger partial charge in [0.2, 0.25) is 0 Å². The third-order valence-electron chi connectivity index (χ3n) is 2.20. The number of benzene rings is 1. The molecule has 2 N–H and O–H groups in total. The average Bonchev–Trinajstić information content (AvgIpc) is 2.76. The minimum absolute atomic E-state index is 0.151. The van der Waals surface area contributed by atoms with Crippen LogP contribution in [-0.2, 0) is 24.3 Å². The molecule has 0 aliphatic heterocycles. The van der Waals surface area contributed by atoms with E-state index in [-0.39, 0.29) is 6.61 Å². The highest BCUT2D eigenvalue weighted by molar-refractivity contribution is 5.15.